The lowest BCUT2D eigenvalue weighted by atomic mass is 10.0. The lowest BCUT2D eigenvalue weighted by Crippen LogP contribution is -2.30. The van der Waals surface area contributed by atoms with Gasteiger partial charge in [-0.05, 0) is 51.4 Å². The molecular weight excluding hydrogens is 949 g/mol. The average Bonchev–Trinajstić information content (AvgIpc) is 3.43. The summed E-state index contributed by atoms with van der Waals surface area (Å²) in [4.78, 5) is 38.4. The van der Waals surface area contributed by atoms with Gasteiger partial charge in [-0.3, -0.25) is 14.4 Å². The second-order valence-corrected chi connectivity index (χ2v) is 23.8. The molecule has 6 nitrogen and oxygen atoms in total. The van der Waals surface area contributed by atoms with Gasteiger partial charge in [0.1, 0.15) is 13.2 Å². The molecule has 0 saturated carbocycles. The van der Waals surface area contributed by atoms with Crippen molar-refractivity contribution >= 4 is 17.9 Å². The van der Waals surface area contributed by atoms with Crippen LogP contribution in [0.15, 0.2) is 24.3 Å². The predicted molar refractivity (Wildman–Crippen MR) is 335 cm³/mol. The fourth-order valence-corrected chi connectivity index (χ4v) is 10.7. The standard InChI is InChI=1S/C71H134O6/c1-4-7-10-13-16-19-22-25-28-31-33-35-37-40-42-45-48-51-54-57-60-63-69(72)75-66-68(77-71(74)65-62-59-56-53-50-47-44-39-30-27-24-21-18-15-12-9-6-3)67-76-70(73)64-61-58-55-52-49-46-43-41-38-36-34-32-29-26-23-20-17-14-11-8-5-2/h18,21,27,30,68H,4-17,19-20,22-26,28-29,31-67H2,1-3H3/b21-18-,30-27-. The summed E-state index contributed by atoms with van der Waals surface area (Å²) in [6, 6.07) is 0. The molecule has 0 radical (unpaired) electrons. The Morgan fingerprint density at radius 1 is 0.260 bits per heavy atom. The van der Waals surface area contributed by atoms with Gasteiger partial charge in [-0.15, -0.1) is 0 Å². The number of unbranched alkanes of at least 4 members (excludes halogenated alkanes) is 50. The summed E-state index contributed by atoms with van der Waals surface area (Å²) in [7, 11) is 0. The summed E-state index contributed by atoms with van der Waals surface area (Å²) in [5.41, 5.74) is 0. The highest BCUT2D eigenvalue weighted by Crippen LogP contribution is 2.19. The minimum absolute atomic E-state index is 0.0681. The van der Waals surface area contributed by atoms with Crippen molar-refractivity contribution < 1.29 is 28.6 Å². The van der Waals surface area contributed by atoms with Crippen LogP contribution in [0.5, 0.6) is 0 Å². The molecule has 0 rings (SSSR count). The molecule has 6 heteroatoms. The fraction of sp³-hybridized carbons (Fsp3) is 0.901. The minimum atomic E-state index is -0.773. The SMILES string of the molecule is CCCCC/C=C\C/C=C\CCCCCCCCCC(=O)OC(COC(=O)CCCCCCCCCCCCCCCCCCCCCCC)COC(=O)CCCCCCCCCCCCCCCCCCCCCCC. The van der Waals surface area contributed by atoms with Crippen molar-refractivity contribution in [1.29, 1.82) is 0 Å². The van der Waals surface area contributed by atoms with Gasteiger partial charge in [-0.25, -0.2) is 0 Å². The number of carbonyl (C=O) groups is 3. The van der Waals surface area contributed by atoms with E-state index in [4.69, 9.17) is 14.2 Å². The van der Waals surface area contributed by atoms with Gasteiger partial charge in [0.25, 0.3) is 0 Å². The molecule has 0 aromatic rings. The summed E-state index contributed by atoms with van der Waals surface area (Å²) in [5, 5.41) is 0. The van der Waals surface area contributed by atoms with Crippen LogP contribution in [0.4, 0.5) is 0 Å². The van der Waals surface area contributed by atoms with Gasteiger partial charge in [0.2, 0.25) is 0 Å². The average molecular weight is 1080 g/mol. The van der Waals surface area contributed by atoms with Gasteiger partial charge in [0.05, 0.1) is 0 Å². The lowest BCUT2D eigenvalue weighted by Gasteiger charge is -2.18. The van der Waals surface area contributed by atoms with Crippen molar-refractivity contribution in [2.75, 3.05) is 13.2 Å². The summed E-state index contributed by atoms with van der Waals surface area (Å²) in [6.45, 7) is 6.70. The second-order valence-electron chi connectivity index (χ2n) is 23.8. The lowest BCUT2D eigenvalue weighted by molar-refractivity contribution is -0.167. The second kappa shape index (κ2) is 66.4. The van der Waals surface area contributed by atoms with Crippen molar-refractivity contribution in [3.8, 4) is 0 Å². The van der Waals surface area contributed by atoms with Crippen LogP contribution in [-0.4, -0.2) is 37.2 Å². The maximum absolute atomic E-state index is 12.9. The monoisotopic (exact) mass is 1080 g/mol. The summed E-state index contributed by atoms with van der Waals surface area (Å²) in [5.74, 6) is -0.842. The van der Waals surface area contributed by atoms with Crippen LogP contribution in [-0.2, 0) is 28.6 Å². The first-order valence-electron chi connectivity index (χ1n) is 34.8. The van der Waals surface area contributed by atoms with E-state index in [0.29, 0.717) is 19.3 Å². The smallest absolute Gasteiger partial charge is 0.306 e. The van der Waals surface area contributed by atoms with Gasteiger partial charge in [-0.1, -0.05) is 347 Å². The van der Waals surface area contributed by atoms with Crippen molar-refractivity contribution in [2.45, 2.75) is 399 Å². The van der Waals surface area contributed by atoms with Gasteiger partial charge < -0.3 is 14.2 Å². The first-order valence-corrected chi connectivity index (χ1v) is 34.8. The highest BCUT2D eigenvalue weighted by molar-refractivity contribution is 5.71. The highest BCUT2D eigenvalue weighted by Gasteiger charge is 2.19. The van der Waals surface area contributed by atoms with Gasteiger partial charge >= 0.3 is 17.9 Å². The Labute approximate surface area is 481 Å². The van der Waals surface area contributed by atoms with Crippen molar-refractivity contribution in [3.05, 3.63) is 24.3 Å². The van der Waals surface area contributed by atoms with Crippen LogP contribution >= 0.6 is 0 Å². The fourth-order valence-electron chi connectivity index (χ4n) is 10.7. The molecule has 77 heavy (non-hydrogen) atoms. The molecule has 0 bridgehead atoms. The molecule has 0 atom stereocenters. The molecule has 0 saturated heterocycles. The molecule has 0 N–H and O–H groups in total. The number of hydrogen-bond donors (Lipinski definition) is 0. The zero-order chi connectivity index (χ0) is 55.7. The molecule has 0 aromatic carbocycles. The van der Waals surface area contributed by atoms with Crippen LogP contribution in [0.25, 0.3) is 0 Å². The van der Waals surface area contributed by atoms with Gasteiger partial charge in [0.15, 0.2) is 6.10 Å². The maximum atomic E-state index is 12.9. The Balaban J connectivity index is 4.29. The highest BCUT2D eigenvalue weighted by atomic mass is 16.6. The van der Waals surface area contributed by atoms with Gasteiger partial charge in [0, 0.05) is 19.3 Å². The molecule has 0 aromatic heterocycles. The van der Waals surface area contributed by atoms with E-state index in [1.165, 1.54) is 283 Å². The Kier molecular flexibility index (Phi) is 64.6. The van der Waals surface area contributed by atoms with Gasteiger partial charge in [-0.2, -0.15) is 0 Å². The molecule has 0 fully saturated rings. The van der Waals surface area contributed by atoms with E-state index in [9.17, 15) is 14.4 Å². The predicted octanol–water partition coefficient (Wildman–Crippen LogP) is 23.8. The summed E-state index contributed by atoms with van der Waals surface area (Å²) in [6.07, 6.45) is 80.5. The van der Waals surface area contributed by atoms with Crippen LogP contribution < -0.4 is 0 Å². The quantitative estimate of drug-likeness (QED) is 0.0261. The molecule has 0 amide bonds. The Hall–Kier alpha value is -2.11. The molecule has 454 valence electrons. The third-order valence-electron chi connectivity index (χ3n) is 16.0. The number of rotatable bonds is 65. The Bertz CT molecular complexity index is 1180. The molecule has 0 unspecified atom stereocenters. The zero-order valence-electron chi connectivity index (χ0n) is 52.3. The Morgan fingerprint density at radius 3 is 0.740 bits per heavy atom. The van der Waals surface area contributed by atoms with E-state index >= 15 is 0 Å². The van der Waals surface area contributed by atoms with Crippen LogP contribution in [0.3, 0.4) is 0 Å². The summed E-state index contributed by atoms with van der Waals surface area (Å²) < 4.78 is 17.0. The number of ether oxygens (including phenoxy) is 3. The molecular formula is C71H134O6. The van der Waals surface area contributed by atoms with E-state index in [0.717, 1.165) is 70.6 Å². The van der Waals surface area contributed by atoms with E-state index in [-0.39, 0.29) is 31.1 Å². The largest absolute Gasteiger partial charge is 0.462 e. The van der Waals surface area contributed by atoms with Crippen LogP contribution in [0.1, 0.15) is 393 Å². The number of hydrogen-bond acceptors (Lipinski definition) is 6. The first kappa shape index (κ1) is 74.9. The topological polar surface area (TPSA) is 78.9 Å². The number of esters is 3. The molecule has 0 aliphatic rings. The van der Waals surface area contributed by atoms with Crippen molar-refractivity contribution in [2.24, 2.45) is 0 Å². The van der Waals surface area contributed by atoms with Crippen LogP contribution in [0.2, 0.25) is 0 Å². The third kappa shape index (κ3) is 64.6. The zero-order valence-corrected chi connectivity index (χ0v) is 52.3. The van der Waals surface area contributed by atoms with E-state index in [1.54, 1.807) is 0 Å². The normalized spacial score (nSPS) is 11.7. The maximum Gasteiger partial charge on any atom is 0.306 e. The first-order chi connectivity index (χ1) is 38.0. The van der Waals surface area contributed by atoms with E-state index in [1.807, 2.05) is 0 Å². The molecule has 0 aliphatic heterocycles. The molecule has 0 aliphatic carbocycles. The van der Waals surface area contributed by atoms with Crippen molar-refractivity contribution in [1.82, 2.24) is 0 Å². The number of allylic oxidation sites excluding steroid dienone is 4. The molecule has 0 spiro atoms. The third-order valence-corrected chi connectivity index (χ3v) is 16.0. The van der Waals surface area contributed by atoms with E-state index < -0.39 is 6.10 Å². The van der Waals surface area contributed by atoms with E-state index in [2.05, 4.69) is 45.1 Å². The minimum Gasteiger partial charge on any atom is -0.462 e. The summed E-state index contributed by atoms with van der Waals surface area (Å²) >= 11 is 0. The number of carbonyl (C=O) groups excluding carboxylic acids is 3. The molecule has 0 heterocycles. The van der Waals surface area contributed by atoms with Crippen molar-refractivity contribution in [3.63, 3.8) is 0 Å². The van der Waals surface area contributed by atoms with Crippen LogP contribution in [0, 0.1) is 0 Å². The Morgan fingerprint density at radius 2 is 0.468 bits per heavy atom.